The summed E-state index contributed by atoms with van der Waals surface area (Å²) in [6.07, 6.45) is 1.96. The van der Waals surface area contributed by atoms with Gasteiger partial charge in [0, 0.05) is 26.2 Å². The van der Waals surface area contributed by atoms with Crippen molar-refractivity contribution in [2.45, 2.75) is 19.3 Å². The lowest BCUT2D eigenvalue weighted by Gasteiger charge is -2.35. The van der Waals surface area contributed by atoms with E-state index in [9.17, 15) is 13.2 Å². The predicted octanol–water partition coefficient (Wildman–Crippen LogP) is 1.28. The Bertz CT molecular complexity index is 578. The van der Waals surface area contributed by atoms with Crippen LogP contribution in [0.25, 0.3) is 0 Å². The summed E-state index contributed by atoms with van der Waals surface area (Å²) in [6.45, 7) is 3.71. The number of nitrogens with zero attached hydrogens (tertiary/aromatic N) is 2. The number of carbonyl (C=O) groups is 1. The van der Waals surface area contributed by atoms with E-state index in [4.69, 9.17) is 0 Å². The van der Waals surface area contributed by atoms with Gasteiger partial charge in [0.25, 0.3) is 0 Å². The molecule has 1 fully saturated rings. The van der Waals surface area contributed by atoms with Crippen LogP contribution in [0.3, 0.4) is 0 Å². The molecule has 0 bridgehead atoms. The van der Waals surface area contributed by atoms with Crippen molar-refractivity contribution in [3.63, 3.8) is 0 Å². The summed E-state index contributed by atoms with van der Waals surface area (Å²) in [4.78, 5) is 14.4. The van der Waals surface area contributed by atoms with Crippen molar-refractivity contribution in [1.82, 2.24) is 9.21 Å². The molecule has 0 N–H and O–H groups in total. The van der Waals surface area contributed by atoms with Gasteiger partial charge in [-0.1, -0.05) is 37.3 Å². The van der Waals surface area contributed by atoms with Crippen LogP contribution in [0.1, 0.15) is 24.8 Å². The van der Waals surface area contributed by atoms with Crippen LogP contribution in [-0.2, 0) is 14.8 Å². The van der Waals surface area contributed by atoms with E-state index >= 15 is 0 Å². The fourth-order valence-corrected chi connectivity index (χ4v) is 3.53. The number of carbonyl (C=O) groups excluding carboxylic acids is 1. The van der Waals surface area contributed by atoms with Gasteiger partial charge in [0.15, 0.2) is 0 Å². The minimum absolute atomic E-state index is 0.0943. The van der Waals surface area contributed by atoms with Crippen LogP contribution >= 0.6 is 0 Å². The van der Waals surface area contributed by atoms with Gasteiger partial charge in [-0.25, -0.2) is 8.42 Å². The topological polar surface area (TPSA) is 57.7 Å². The van der Waals surface area contributed by atoms with Crippen molar-refractivity contribution < 1.29 is 13.2 Å². The first-order valence-electron chi connectivity index (χ1n) is 7.22. The lowest BCUT2D eigenvalue weighted by Crippen LogP contribution is -2.51. The first-order chi connectivity index (χ1) is 9.93. The third-order valence-corrected chi connectivity index (χ3v) is 5.23. The van der Waals surface area contributed by atoms with E-state index in [2.05, 4.69) is 0 Å². The van der Waals surface area contributed by atoms with Crippen LogP contribution in [0, 0.1) is 0 Å². The molecule has 1 aromatic rings. The molecular weight excluding hydrogens is 288 g/mol. The molecule has 0 aromatic heterocycles. The van der Waals surface area contributed by atoms with Gasteiger partial charge in [-0.05, 0) is 12.0 Å². The molecule has 1 aliphatic heterocycles. The molecule has 1 aromatic carbocycles. The van der Waals surface area contributed by atoms with Gasteiger partial charge in [-0.15, -0.1) is 0 Å². The maximum absolute atomic E-state index is 12.6. The quantitative estimate of drug-likeness (QED) is 0.842. The average Bonchev–Trinajstić information content (AvgIpc) is 2.48. The van der Waals surface area contributed by atoms with Gasteiger partial charge in [0.1, 0.15) is 0 Å². The van der Waals surface area contributed by atoms with Gasteiger partial charge in [0.2, 0.25) is 15.9 Å². The van der Waals surface area contributed by atoms with Crippen LogP contribution in [0.15, 0.2) is 30.3 Å². The highest BCUT2D eigenvalue weighted by Crippen LogP contribution is 2.22. The summed E-state index contributed by atoms with van der Waals surface area (Å²) < 4.78 is 24.4. The predicted molar refractivity (Wildman–Crippen MR) is 82.5 cm³/mol. The van der Waals surface area contributed by atoms with Gasteiger partial charge >= 0.3 is 0 Å². The zero-order valence-electron chi connectivity index (χ0n) is 12.5. The van der Waals surface area contributed by atoms with Crippen LogP contribution in [0.5, 0.6) is 0 Å². The monoisotopic (exact) mass is 310 g/mol. The molecule has 1 aliphatic rings. The zero-order valence-corrected chi connectivity index (χ0v) is 13.3. The number of sulfonamides is 1. The van der Waals surface area contributed by atoms with E-state index < -0.39 is 10.0 Å². The third-order valence-electron chi connectivity index (χ3n) is 3.93. The van der Waals surface area contributed by atoms with Gasteiger partial charge < -0.3 is 4.90 Å². The molecule has 0 spiro atoms. The average molecular weight is 310 g/mol. The number of hydrogen-bond donors (Lipinski definition) is 0. The third kappa shape index (κ3) is 3.83. The van der Waals surface area contributed by atoms with Crippen LogP contribution in [0.2, 0.25) is 0 Å². The van der Waals surface area contributed by atoms with Crippen molar-refractivity contribution in [3.05, 3.63) is 35.9 Å². The largest absolute Gasteiger partial charge is 0.340 e. The van der Waals surface area contributed by atoms with Crippen molar-refractivity contribution in [1.29, 1.82) is 0 Å². The Hall–Kier alpha value is -1.40. The smallest absolute Gasteiger partial charge is 0.230 e. The van der Waals surface area contributed by atoms with E-state index in [-0.39, 0.29) is 11.8 Å². The molecular formula is C15H22N2O3S. The standard InChI is InChI=1S/C15H22N2O3S/c1-3-14(13-7-5-4-6-8-13)15(18)16-9-11-17(12-10-16)21(2,19)20/h4-8,14H,3,9-12H2,1-2H3/t14-/m1/s1. The SMILES string of the molecule is CC[C@@H](C(=O)N1CCN(S(C)(=O)=O)CC1)c1ccccc1. The minimum atomic E-state index is -3.16. The highest BCUT2D eigenvalue weighted by molar-refractivity contribution is 7.88. The minimum Gasteiger partial charge on any atom is -0.340 e. The molecule has 0 aliphatic carbocycles. The second-order valence-electron chi connectivity index (χ2n) is 5.36. The summed E-state index contributed by atoms with van der Waals surface area (Å²) in [6, 6.07) is 9.75. The fraction of sp³-hybridized carbons (Fsp3) is 0.533. The summed E-state index contributed by atoms with van der Waals surface area (Å²) in [5.41, 5.74) is 1.02. The van der Waals surface area contributed by atoms with E-state index in [0.717, 1.165) is 12.0 Å². The molecule has 21 heavy (non-hydrogen) atoms. The first-order valence-corrected chi connectivity index (χ1v) is 9.07. The Morgan fingerprint density at radius 1 is 1.14 bits per heavy atom. The van der Waals surface area contributed by atoms with E-state index in [1.807, 2.05) is 37.3 Å². The zero-order chi connectivity index (χ0) is 15.5. The maximum atomic E-state index is 12.6. The number of hydrogen-bond acceptors (Lipinski definition) is 3. The van der Waals surface area contributed by atoms with E-state index in [1.165, 1.54) is 10.6 Å². The van der Waals surface area contributed by atoms with E-state index in [0.29, 0.717) is 26.2 Å². The van der Waals surface area contributed by atoms with Crippen molar-refractivity contribution in [3.8, 4) is 0 Å². The molecule has 116 valence electrons. The fourth-order valence-electron chi connectivity index (χ4n) is 2.70. The molecule has 1 saturated heterocycles. The van der Waals surface area contributed by atoms with Crippen LogP contribution in [-0.4, -0.2) is 56.0 Å². The Labute approximate surface area is 126 Å². The van der Waals surface area contributed by atoms with Gasteiger partial charge in [-0.3, -0.25) is 4.79 Å². The van der Waals surface area contributed by atoms with Gasteiger partial charge in [0.05, 0.1) is 12.2 Å². The molecule has 0 saturated carbocycles. The highest BCUT2D eigenvalue weighted by Gasteiger charge is 2.29. The maximum Gasteiger partial charge on any atom is 0.230 e. The summed E-state index contributed by atoms with van der Waals surface area (Å²) in [7, 11) is -3.16. The van der Waals surface area contributed by atoms with E-state index in [1.54, 1.807) is 4.90 Å². The normalized spacial score (nSPS) is 18.5. The molecule has 5 nitrogen and oxygen atoms in total. The molecule has 0 radical (unpaired) electrons. The molecule has 1 heterocycles. The molecule has 0 unspecified atom stereocenters. The Morgan fingerprint density at radius 2 is 1.71 bits per heavy atom. The number of rotatable bonds is 4. The molecule has 1 atom stereocenters. The van der Waals surface area contributed by atoms with Crippen molar-refractivity contribution >= 4 is 15.9 Å². The Morgan fingerprint density at radius 3 is 2.19 bits per heavy atom. The second kappa shape index (κ2) is 6.58. The Balaban J connectivity index is 2.04. The van der Waals surface area contributed by atoms with Gasteiger partial charge in [-0.2, -0.15) is 4.31 Å². The summed E-state index contributed by atoms with van der Waals surface area (Å²) in [5.74, 6) is -0.0483. The second-order valence-corrected chi connectivity index (χ2v) is 7.34. The number of amides is 1. The lowest BCUT2D eigenvalue weighted by atomic mass is 9.95. The van der Waals surface area contributed by atoms with Crippen molar-refractivity contribution in [2.75, 3.05) is 32.4 Å². The summed E-state index contributed by atoms with van der Waals surface area (Å²) in [5, 5.41) is 0. The number of piperazine rings is 1. The van der Waals surface area contributed by atoms with Crippen molar-refractivity contribution in [2.24, 2.45) is 0 Å². The molecule has 2 rings (SSSR count). The summed E-state index contributed by atoms with van der Waals surface area (Å²) >= 11 is 0. The molecule has 6 heteroatoms. The highest BCUT2D eigenvalue weighted by atomic mass is 32.2. The lowest BCUT2D eigenvalue weighted by molar-refractivity contribution is -0.134. The first kappa shape index (κ1) is 16.0. The van der Waals surface area contributed by atoms with Crippen LogP contribution < -0.4 is 0 Å². The Kier molecular flexibility index (Phi) is 5.00. The number of benzene rings is 1. The molecule has 1 amide bonds. The van der Waals surface area contributed by atoms with Crippen LogP contribution in [0.4, 0.5) is 0 Å².